The van der Waals surface area contributed by atoms with Crippen molar-refractivity contribution in [1.29, 1.82) is 0 Å². The van der Waals surface area contributed by atoms with E-state index in [0.29, 0.717) is 30.2 Å². The molecule has 8 heteroatoms. The second kappa shape index (κ2) is 9.18. The van der Waals surface area contributed by atoms with Crippen LogP contribution in [0.15, 0.2) is 48.8 Å². The SMILES string of the molecule is COc1ccc(OC)c(C(=O)N2CCN(Cc3cc(-c4ccncc4)nn3C)CC2)c1. The van der Waals surface area contributed by atoms with Crippen molar-refractivity contribution in [2.75, 3.05) is 40.4 Å². The number of hydrogen-bond acceptors (Lipinski definition) is 6. The molecule has 4 rings (SSSR count). The smallest absolute Gasteiger partial charge is 0.257 e. The number of piperazine rings is 1. The van der Waals surface area contributed by atoms with Crippen molar-refractivity contribution in [2.45, 2.75) is 6.54 Å². The van der Waals surface area contributed by atoms with Crippen molar-refractivity contribution in [1.82, 2.24) is 24.6 Å². The van der Waals surface area contributed by atoms with Gasteiger partial charge in [0.1, 0.15) is 11.5 Å². The van der Waals surface area contributed by atoms with Crippen molar-refractivity contribution >= 4 is 5.91 Å². The van der Waals surface area contributed by atoms with Crippen LogP contribution in [0.4, 0.5) is 0 Å². The molecule has 2 aromatic heterocycles. The Morgan fingerprint density at radius 2 is 1.74 bits per heavy atom. The van der Waals surface area contributed by atoms with Crippen LogP contribution in [0.25, 0.3) is 11.3 Å². The monoisotopic (exact) mass is 421 g/mol. The Morgan fingerprint density at radius 3 is 2.42 bits per heavy atom. The van der Waals surface area contributed by atoms with Crippen LogP contribution in [0.2, 0.25) is 0 Å². The number of ether oxygens (including phenoxy) is 2. The second-order valence-corrected chi connectivity index (χ2v) is 7.51. The van der Waals surface area contributed by atoms with Gasteiger partial charge in [-0.05, 0) is 36.4 Å². The maximum absolute atomic E-state index is 13.1. The third-order valence-corrected chi connectivity index (χ3v) is 5.63. The van der Waals surface area contributed by atoms with Crippen LogP contribution in [0.3, 0.4) is 0 Å². The number of aryl methyl sites for hydroxylation is 1. The summed E-state index contributed by atoms with van der Waals surface area (Å²) in [6.45, 7) is 3.71. The van der Waals surface area contributed by atoms with Gasteiger partial charge in [0, 0.05) is 57.7 Å². The minimum Gasteiger partial charge on any atom is -0.497 e. The van der Waals surface area contributed by atoms with E-state index in [2.05, 4.69) is 21.0 Å². The molecule has 0 unspecified atom stereocenters. The molecule has 3 heterocycles. The topological polar surface area (TPSA) is 72.7 Å². The van der Waals surface area contributed by atoms with E-state index in [4.69, 9.17) is 9.47 Å². The fourth-order valence-electron chi connectivity index (χ4n) is 3.81. The van der Waals surface area contributed by atoms with E-state index in [9.17, 15) is 4.79 Å². The molecule has 0 bridgehead atoms. The number of benzene rings is 1. The van der Waals surface area contributed by atoms with Gasteiger partial charge in [-0.3, -0.25) is 19.4 Å². The molecule has 1 aliphatic rings. The first-order valence-corrected chi connectivity index (χ1v) is 10.3. The van der Waals surface area contributed by atoms with Crippen LogP contribution in [-0.2, 0) is 13.6 Å². The summed E-state index contributed by atoms with van der Waals surface area (Å²) in [4.78, 5) is 21.4. The lowest BCUT2D eigenvalue weighted by Crippen LogP contribution is -2.48. The molecule has 0 saturated carbocycles. The molecule has 8 nitrogen and oxygen atoms in total. The molecule has 3 aromatic rings. The number of carbonyl (C=O) groups is 1. The molecule has 0 atom stereocenters. The summed E-state index contributed by atoms with van der Waals surface area (Å²) in [5.41, 5.74) is 3.67. The Kier molecular flexibility index (Phi) is 6.18. The maximum Gasteiger partial charge on any atom is 0.257 e. The molecule has 1 saturated heterocycles. The molecular weight excluding hydrogens is 394 g/mol. The highest BCUT2D eigenvalue weighted by atomic mass is 16.5. The van der Waals surface area contributed by atoms with Crippen LogP contribution in [0.5, 0.6) is 11.5 Å². The lowest BCUT2D eigenvalue weighted by atomic mass is 10.1. The Morgan fingerprint density at radius 1 is 1.00 bits per heavy atom. The van der Waals surface area contributed by atoms with Gasteiger partial charge in [-0.2, -0.15) is 5.10 Å². The van der Waals surface area contributed by atoms with E-state index in [1.54, 1.807) is 44.8 Å². The van der Waals surface area contributed by atoms with Gasteiger partial charge in [-0.15, -0.1) is 0 Å². The van der Waals surface area contributed by atoms with Crippen molar-refractivity contribution < 1.29 is 14.3 Å². The number of nitrogens with zero attached hydrogens (tertiary/aromatic N) is 5. The molecule has 0 aliphatic carbocycles. The first kappa shape index (κ1) is 20.9. The summed E-state index contributed by atoms with van der Waals surface area (Å²) >= 11 is 0. The van der Waals surface area contributed by atoms with E-state index in [1.807, 2.05) is 28.8 Å². The van der Waals surface area contributed by atoms with Gasteiger partial charge >= 0.3 is 0 Å². The fourth-order valence-corrected chi connectivity index (χ4v) is 3.81. The minimum atomic E-state index is -0.0316. The van der Waals surface area contributed by atoms with Crippen LogP contribution in [0.1, 0.15) is 16.1 Å². The van der Waals surface area contributed by atoms with E-state index in [0.717, 1.165) is 36.6 Å². The summed E-state index contributed by atoms with van der Waals surface area (Å²) in [7, 11) is 5.13. The second-order valence-electron chi connectivity index (χ2n) is 7.51. The largest absolute Gasteiger partial charge is 0.497 e. The fraction of sp³-hybridized carbons (Fsp3) is 0.348. The molecule has 1 aromatic carbocycles. The number of amides is 1. The Bertz CT molecular complexity index is 1040. The predicted molar refractivity (Wildman–Crippen MR) is 117 cm³/mol. The standard InChI is InChI=1S/C23H27N5O3/c1-26-18(14-21(25-26)17-6-8-24-9-7-17)16-27-10-12-28(13-11-27)23(29)20-15-19(30-2)4-5-22(20)31-3/h4-9,14-15H,10-13,16H2,1-3H3. The van der Waals surface area contributed by atoms with E-state index >= 15 is 0 Å². The van der Waals surface area contributed by atoms with Gasteiger partial charge in [0.15, 0.2) is 0 Å². The summed E-state index contributed by atoms with van der Waals surface area (Å²) in [5, 5.41) is 4.64. The molecule has 0 radical (unpaired) electrons. The highest BCUT2D eigenvalue weighted by Crippen LogP contribution is 2.26. The van der Waals surface area contributed by atoms with Gasteiger partial charge in [-0.1, -0.05) is 0 Å². The highest BCUT2D eigenvalue weighted by molar-refractivity contribution is 5.97. The molecule has 0 N–H and O–H groups in total. The van der Waals surface area contributed by atoms with E-state index in [-0.39, 0.29) is 5.91 Å². The number of hydrogen-bond donors (Lipinski definition) is 0. The number of methoxy groups -OCH3 is 2. The predicted octanol–water partition coefficient (Wildman–Crippen LogP) is 2.46. The molecule has 1 fully saturated rings. The summed E-state index contributed by atoms with van der Waals surface area (Å²) in [6.07, 6.45) is 3.55. The average Bonchev–Trinajstić information content (AvgIpc) is 3.19. The third-order valence-electron chi connectivity index (χ3n) is 5.63. The lowest BCUT2D eigenvalue weighted by Gasteiger charge is -2.34. The zero-order valence-corrected chi connectivity index (χ0v) is 18.1. The van der Waals surface area contributed by atoms with Crippen LogP contribution in [-0.4, -0.2) is 70.9 Å². The van der Waals surface area contributed by atoms with Crippen LogP contribution >= 0.6 is 0 Å². The third kappa shape index (κ3) is 4.54. The van der Waals surface area contributed by atoms with Crippen molar-refractivity contribution in [3.05, 3.63) is 60.0 Å². The Balaban J connectivity index is 1.40. The van der Waals surface area contributed by atoms with Gasteiger partial charge in [0.05, 0.1) is 31.2 Å². The van der Waals surface area contributed by atoms with Crippen molar-refractivity contribution in [3.8, 4) is 22.8 Å². The molecule has 31 heavy (non-hydrogen) atoms. The molecule has 1 aliphatic heterocycles. The van der Waals surface area contributed by atoms with E-state index < -0.39 is 0 Å². The molecule has 0 spiro atoms. The zero-order valence-electron chi connectivity index (χ0n) is 18.1. The number of pyridine rings is 1. The molecular formula is C23H27N5O3. The highest BCUT2D eigenvalue weighted by Gasteiger charge is 2.25. The summed E-state index contributed by atoms with van der Waals surface area (Å²) in [6, 6.07) is 11.3. The summed E-state index contributed by atoms with van der Waals surface area (Å²) < 4.78 is 12.6. The maximum atomic E-state index is 13.1. The number of aromatic nitrogens is 3. The van der Waals surface area contributed by atoms with Gasteiger partial charge in [0.2, 0.25) is 0 Å². The van der Waals surface area contributed by atoms with Gasteiger partial charge in [-0.25, -0.2) is 0 Å². The zero-order chi connectivity index (χ0) is 21.8. The van der Waals surface area contributed by atoms with Crippen molar-refractivity contribution in [3.63, 3.8) is 0 Å². The number of carbonyl (C=O) groups excluding carboxylic acids is 1. The normalized spacial score (nSPS) is 14.5. The molecule has 162 valence electrons. The first-order chi connectivity index (χ1) is 15.1. The first-order valence-electron chi connectivity index (χ1n) is 10.3. The minimum absolute atomic E-state index is 0.0316. The van der Waals surface area contributed by atoms with Gasteiger partial charge in [0.25, 0.3) is 5.91 Å². The quantitative estimate of drug-likeness (QED) is 0.609. The van der Waals surface area contributed by atoms with Gasteiger partial charge < -0.3 is 14.4 Å². The Labute approximate surface area is 182 Å². The van der Waals surface area contributed by atoms with Crippen LogP contribution < -0.4 is 9.47 Å². The number of rotatable bonds is 6. The lowest BCUT2D eigenvalue weighted by molar-refractivity contribution is 0.0622. The van der Waals surface area contributed by atoms with E-state index in [1.165, 1.54) is 0 Å². The average molecular weight is 422 g/mol. The molecule has 1 amide bonds. The van der Waals surface area contributed by atoms with Crippen LogP contribution in [0, 0.1) is 0 Å². The van der Waals surface area contributed by atoms with Crippen molar-refractivity contribution in [2.24, 2.45) is 7.05 Å². The Hall–Kier alpha value is -3.39. The summed E-state index contributed by atoms with van der Waals surface area (Å²) in [5.74, 6) is 1.17.